The van der Waals surface area contributed by atoms with E-state index in [9.17, 15) is 4.79 Å². The summed E-state index contributed by atoms with van der Waals surface area (Å²) in [6.07, 6.45) is 3.46. The van der Waals surface area contributed by atoms with E-state index in [-0.39, 0.29) is 11.9 Å². The summed E-state index contributed by atoms with van der Waals surface area (Å²) in [5.41, 5.74) is 2.24. The highest BCUT2D eigenvalue weighted by Gasteiger charge is 2.18. The van der Waals surface area contributed by atoms with Gasteiger partial charge in [-0.1, -0.05) is 66.7 Å². The topological polar surface area (TPSA) is 26.3 Å². The number of rotatable bonds is 5. The Balaban J connectivity index is 2.24. The van der Waals surface area contributed by atoms with Gasteiger partial charge in [0.25, 0.3) is 0 Å². The van der Waals surface area contributed by atoms with Crippen LogP contribution >= 0.6 is 0 Å². The lowest BCUT2D eigenvalue weighted by Gasteiger charge is -2.16. The Kier molecular flexibility index (Phi) is 5.13. The van der Waals surface area contributed by atoms with E-state index in [4.69, 9.17) is 4.74 Å². The van der Waals surface area contributed by atoms with Crippen molar-refractivity contribution in [1.82, 2.24) is 0 Å². The normalized spacial score (nSPS) is 10.9. The first-order valence-electron chi connectivity index (χ1n) is 6.72. The van der Waals surface area contributed by atoms with Gasteiger partial charge in [-0.05, 0) is 18.1 Å². The molecule has 0 bridgehead atoms. The highest BCUT2D eigenvalue weighted by Crippen LogP contribution is 2.28. The summed E-state index contributed by atoms with van der Waals surface area (Å²) in [6, 6.07) is 20.1. The molecule has 0 aliphatic rings. The SMILES string of the molecule is CC=COC(=O)CC(c1ccccc1)c1ccccc1. The second-order valence-electron chi connectivity index (χ2n) is 4.54. The Morgan fingerprint density at radius 1 is 1.00 bits per heavy atom. The maximum atomic E-state index is 11.9. The minimum atomic E-state index is -0.221. The molecule has 20 heavy (non-hydrogen) atoms. The van der Waals surface area contributed by atoms with Gasteiger partial charge in [0.05, 0.1) is 12.7 Å². The van der Waals surface area contributed by atoms with Crippen molar-refractivity contribution in [3.05, 3.63) is 84.1 Å². The van der Waals surface area contributed by atoms with Gasteiger partial charge in [-0.2, -0.15) is 0 Å². The van der Waals surface area contributed by atoms with Gasteiger partial charge < -0.3 is 4.74 Å². The fourth-order valence-electron chi connectivity index (χ4n) is 2.16. The third-order valence-electron chi connectivity index (χ3n) is 3.11. The predicted molar refractivity (Wildman–Crippen MR) is 80.3 cm³/mol. The van der Waals surface area contributed by atoms with Crippen LogP contribution in [0, 0.1) is 0 Å². The lowest BCUT2D eigenvalue weighted by Crippen LogP contribution is -2.09. The van der Waals surface area contributed by atoms with E-state index in [1.54, 1.807) is 6.08 Å². The standard InChI is InChI=1S/C18H18O2/c1-2-13-20-18(19)14-17(15-9-5-3-6-10-15)16-11-7-4-8-12-16/h2-13,17H,14H2,1H3. The summed E-state index contributed by atoms with van der Waals surface area (Å²) in [7, 11) is 0. The van der Waals surface area contributed by atoms with Crippen LogP contribution in [0.25, 0.3) is 0 Å². The molecule has 0 aromatic heterocycles. The van der Waals surface area contributed by atoms with Crippen LogP contribution in [-0.4, -0.2) is 5.97 Å². The molecule has 0 aliphatic carbocycles. The highest BCUT2D eigenvalue weighted by atomic mass is 16.5. The molecule has 0 fully saturated rings. The average Bonchev–Trinajstić information content (AvgIpc) is 2.52. The smallest absolute Gasteiger partial charge is 0.311 e. The lowest BCUT2D eigenvalue weighted by atomic mass is 9.89. The number of hydrogen-bond donors (Lipinski definition) is 0. The molecule has 0 atom stereocenters. The van der Waals surface area contributed by atoms with Crippen LogP contribution in [0.4, 0.5) is 0 Å². The molecule has 0 saturated heterocycles. The molecular formula is C18H18O2. The molecule has 2 aromatic rings. The van der Waals surface area contributed by atoms with Gasteiger partial charge in [0.15, 0.2) is 0 Å². The van der Waals surface area contributed by atoms with E-state index in [0.717, 1.165) is 11.1 Å². The Bertz CT molecular complexity index is 519. The van der Waals surface area contributed by atoms with E-state index in [1.807, 2.05) is 67.6 Å². The van der Waals surface area contributed by atoms with E-state index >= 15 is 0 Å². The lowest BCUT2D eigenvalue weighted by molar-refractivity contribution is -0.138. The van der Waals surface area contributed by atoms with Crippen LogP contribution in [0.3, 0.4) is 0 Å². The number of carbonyl (C=O) groups is 1. The average molecular weight is 266 g/mol. The molecule has 0 radical (unpaired) electrons. The van der Waals surface area contributed by atoms with Gasteiger partial charge in [0.2, 0.25) is 0 Å². The van der Waals surface area contributed by atoms with E-state index in [2.05, 4.69) is 0 Å². The van der Waals surface area contributed by atoms with Gasteiger partial charge in [-0.15, -0.1) is 0 Å². The molecule has 0 unspecified atom stereocenters. The second kappa shape index (κ2) is 7.29. The second-order valence-corrected chi connectivity index (χ2v) is 4.54. The highest BCUT2D eigenvalue weighted by molar-refractivity contribution is 5.72. The van der Waals surface area contributed by atoms with Crippen LogP contribution < -0.4 is 0 Å². The summed E-state index contributed by atoms with van der Waals surface area (Å²) in [4.78, 5) is 11.9. The van der Waals surface area contributed by atoms with Crippen LogP contribution in [0.15, 0.2) is 73.0 Å². The first-order valence-corrected chi connectivity index (χ1v) is 6.72. The van der Waals surface area contributed by atoms with Crippen molar-refractivity contribution in [3.8, 4) is 0 Å². The minimum Gasteiger partial charge on any atom is -0.435 e. The van der Waals surface area contributed by atoms with Gasteiger partial charge in [-0.3, -0.25) is 4.79 Å². The first-order chi connectivity index (χ1) is 9.81. The molecule has 0 N–H and O–H groups in total. The zero-order valence-electron chi connectivity index (χ0n) is 11.5. The number of hydrogen-bond acceptors (Lipinski definition) is 2. The Labute approximate surface area is 119 Å². The van der Waals surface area contributed by atoms with Crippen LogP contribution in [0.5, 0.6) is 0 Å². The van der Waals surface area contributed by atoms with Gasteiger partial charge in [0.1, 0.15) is 0 Å². The quantitative estimate of drug-likeness (QED) is 0.596. The third kappa shape index (κ3) is 3.82. The van der Waals surface area contributed by atoms with Crippen LogP contribution in [-0.2, 0) is 9.53 Å². The number of esters is 1. The fourth-order valence-corrected chi connectivity index (χ4v) is 2.16. The van der Waals surface area contributed by atoms with Gasteiger partial charge in [0, 0.05) is 5.92 Å². The van der Waals surface area contributed by atoms with Crippen LogP contribution in [0.2, 0.25) is 0 Å². The first kappa shape index (κ1) is 14.1. The summed E-state index contributed by atoms with van der Waals surface area (Å²) in [5.74, 6) is -0.198. The maximum absolute atomic E-state index is 11.9. The Morgan fingerprint density at radius 2 is 1.50 bits per heavy atom. The monoisotopic (exact) mass is 266 g/mol. The zero-order valence-corrected chi connectivity index (χ0v) is 11.5. The minimum absolute atomic E-state index is 0.0233. The summed E-state index contributed by atoms with van der Waals surface area (Å²) in [6.45, 7) is 1.82. The molecule has 0 heterocycles. The van der Waals surface area contributed by atoms with Crippen LogP contribution in [0.1, 0.15) is 30.4 Å². The zero-order chi connectivity index (χ0) is 14.2. The molecular weight excluding hydrogens is 248 g/mol. The molecule has 0 saturated carbocycles. The van der Waals surface area contributed by atoms with Gasteiger partial charge >= 0.3 is 5.97 Å². The largest absolute Gasteiger partial charge is 0.435 e. The van der Waals surface area contributed by atoms with Crippen molar-refractivity contribution in [3.63, 3.8) is 0 Å². The molecule has 2 heteroatoms. The number of benzene rings is 2. The summed E-state index contributed by atoms with van der Waals surface area (Å²) in [5, 5.41) is 0. The molecule has 102 valence electrons. The molecule has 0 amide bonds. The molecule has 0 aliphatic heterocycles. The van der Waals surface area contributed by atoms with E-state index in [1.165, 1.54) is 6.26 Å². The van der Waals surface area contributed by atoms with Crippen molar-refractivity contribution in [1.29, 1.82) is 0 Å². The van der Waals surface area contributed by atoms with Crippen molar-refractivity contribution < 1.29 is 9.53 Å². The fraction of sp³-hybridized carbons (Fsp3) is 0.167. The predicted octanol–water partition coefficient (Wildman–Crippen LogP) is 4.29. The summed E-state index contributed by atoms with van der Waals surface area (Å²) < 4.78 is 5.05. The number of ether oxygens (including phenoxy) is 1. The molecule has 2 nitrogen and oxygen atoms in total. The van der Waals surface area contributed by atoms with E-state index in [0.29, 0.717) is 6.42 Å². The Morgan fingerprint density at radius 3 is 1.95 bits per heavy atom. The molecule has 0 spiro atoms. The van der Waals surface area contributed by atoms with Crippen molar-refractivity contribution in [2.75, 3.05) is 0 Å². The number of allylic oxidation sites excluding steroid dienone is 1. The number of carbonyl (C=O) groups excluding carboxylic acids is 1. The van der Waals surface area contributed by atoms with E-state index < -0.39 is 0 Å². The Hall–Kier alpha value is -2.35. The van der Waals surface area contributed by atoms with Gasteiger partial charge in [-0.25, -0.2) is 0 Å². The summed E-state index contributed by atoms with van der Waals surface area (Å²) >= 11 is 0. The van der Waals surface area contributed by atoms with Crippen molar-refractivity contribution >= 4 is 5.97 Å². The van der Waals surface area contributed by atoms with Crippen molar-refractivity contribution in [2.45, 2.75) is 19.3 Å². The molecule has 2 aromatic carbocycles. The third-order valence-corrected chi connectivity index (χ3v) is 3.11. The molecule has 2 rings (SSSR count). The van der Waals surface area contributed by atoms with Crippen molar-refractivity contribution in [2.24, 2.45) is 0 Å². The maximum Gasteiger partial charge on any atom is 0.311 e.